The quantitative estimate of drug-likeness (QED) is 0.859. The highest BCUT2D eigenvalue weighted by Crippen LogP contribution is 2.63. The summed E-state index contributed by atoms with van der Waals surface area (Å²) in [7, 11) is -3.20. The first-order chi connectivity index (χ1) is 9.81. The summed E-state index contributed by atoms with van der Waals surface area (Å²) in [6.07, 6.45) is 2.87. The highest BCUT2D eigenvalue weighted by molar-refractivity contribution is 7.88. The van der Waals surface area contributed by atoms with E-state index in [1.807, 2.05) is 0 Å². The Morgan fingerprint density at radius 2 is 2.10 bits per heavy atom. The summed E-state index contributed by atoms with van der Waals surface area (Å²) >= 11 is 6.11. The summed E-state index contributed by atoms with van der Waals surface area (Å²) in [5.41, 5.74) is 0.506. The molecule has 0 amide bonds. The Balaban J connectivity index is 1.74. The lowest BCUT2D eigenvalue weighted by molar-refractivity contribution is 0.0993. The molecule has 0 radical (unpaired) electrons. The van der Waals surface area contributed by atoms with E-state index in [0.717, 1.165) is 16.5 Å². The Morgan fingerprint density at radius 1 is 1.43 bits per heavy atom. The van der Waals surface area contributed by atoms with Crippen molar-refractivity contribution in [3.8, 4) is 0 Å². The van der Waals surface area contributed by atoms with Crippen molar-refractivity contribution in [1.29, 1.82) is 0 Å². The van der Waals surface area contributed by atoms with Crippen LogP contribution in [0.1, 0.15) is 5.56 Å². The van der Waals surface area contributed by atoms with E-state index >= 15 is 0 Å². The molecule has 1 saturated carbocycles. The second-order valence-electron chi connectivity index (χ2n) is 5.90. The fourth-order valence-electron chi connectivity index (χ4n) is 3.59. The zero-order chi connectivity index (χ0) is 15.0. The summed E-state index contributed by atoms with van der Waals surface area (Å²) in [6.45, 7) is 0.706. The molecule has 2 fully saturated rings. The monoisotopic (exact) mass is 327 g/mol. The first-order valence-electron chi connectivity index (χ1n) is 6.62. The van der Waals surface area contributed by atoms with Crippen LogP contribution in [0.3, 0.4) is 0 Å². The van der Waals surface area contributed by atoms with Crippen LogP contribution in [0.15, 0.2) is 18.3 Å². The number of hydrogen-bond donors (Lipinski definition) is 2. The maximum atomic E-state index is 11.6. The fourth-order valence-corrected chi connectivity index (χ4v) is 4.67. The molecule has 2 aliphatic rings. The average molecular weight is 328 g/mol. The van der Waals surface area contributed by atoms with Gasteiger partial charge in [-0.25, -0.2) is 12.7 Å². The Labute approximate surface area is 126 Å². The van der Waals surface area contributed by atoms with Gasteiger partial charge >= 0.3 is 0 Å². The molecule has 1 aliphatic heterocycles. The molecule has 1 saturated heterocycles. The molecule has 1 aliphatic carbocycles. The van der Waals surface area contributed by atoms with Crippen LogP contribution < -0.4 is 0 Å². The van der Waals surface area contributed by atoms with E-state index in [0.29, 0.717) is 18.1 Å². The van der Waals surface area contributed by atoms with Gasteiger partial charge < -0.3 is 5.11 Å². The molecular formula is C13H14ClN3O3S. The summed E-state index contributed by atoms with van der Waals surface area (Å²) < 4.78 is 24.6. The van der Waals surface area contributed by atoms with Gasteiger partial charge in [0.25, 0.3) is 0 Å². The van der Waals surface area contributed by atoms with Crippen LogP contribution in [-0.4, -0.2) is 47.4 Å². The van der Waals surface area contributed by atoms with Gasteiger partial charge in [0.05, 0.1) is 23.6 Å². The van der Waals surface area contributed by atoms with Gasteiger partial charge in [-0.2, -0.15) is 5.10 Å². The molecule has 2 heterocycles. The van der Waals surface area contributed by atoms with Crippen molar-refractivity contribution in [2.75, 3.05) is 19.3 Å². The van der Waals surface area contributed by atoms with Crippen molar-refractivity contribution in [3.05, 3.63) is 28.9 Å². The molecule has 3 atom stereocenters. The van der Waals surface area contributed by atoms with E-state index in [1.165, 1.54) is 10.6 Å². The van der Waals surface area contributed by atoms with Crippen molar-refractivity contribution in [1.82, 2.24) is 14.5 Å². The number of aromatic amines is 1. The van der Waals surface area contributed by atoms with Gasteiger partial charge in [0.2, 0.25) is 10.0 Å². The van der Waals surface area contributed by atoms with E-state index in [-0.39, 0.29) is 11.8 Å². The van der Waals surface area contributed by atoms with Crippen LogP contribution in [0.5, 0.6) is 0 Å². The Bertz CT molecular complexity index is 835. The number of aromatic nitrogens is 2. The molecular weight excluding hydrogens is 314 g/mol. The standard InChI is InChI=1S/C13H14ClN3O3S/c1-21(19,20)17-5-10-11(6-17)13(10,18)9-2-7(14)3-12-8(9)4-15-16-12/h2-4,10-11,18H,5-6H2,1H3,(H,15,16)/t10-,11?,13?/m0/s1. The Kier molecular flexibility index (Phi) is 2.56. The molecule has 112 valence electrons. The molecule has 1 aromatic heterocycles. The molecule has 2 aromatic rings. The van der Waals surface area contributed by atoms with Gasteiger partial charge in [-0.05, 0) is 17.7 Å². The summed E-state index contributed by atoms with van der Waals surface area (Å²) in [5.74, 6) is -0.160. The van der Waals surface area contributed by atoms with Crippen LogP contribution in [0.25, 0.3) is 10.9 Å². The van der Waals surface area contributed by atoms with Crippen molar-refractivity contribution in [2.24, 2.45) is 11.8 Å². The number of piperidine rings is 1. The minimum atomic E-state index is -3.20. The molecule has 2 N–H and O–H groups in total. The van der Waals surface area contributed by atoms with E-state index in [4.69, 9.17) is 11.6 Å². The topological polar surface area (TPSA) is 86.3 Å². The SMILES string of the molecule is CS(=O)(=O)N1CC2[C@H](C1)C2(O)c1cc(Cl)cc2[nH]ncc12. The summed E-state index contributed by atoms with van der Waals surface area (Å²) in [6, 6.07) is 3.51. The van der Waals surface area contributed by atoms with Gasteiger partial charge in [-0.3, -0.25) is 5.10 Å². The normalized spacial score (nSPS) is 32.5. The van der Waals surface area contributed by atoms with Gasteiger partial charge in [0.1, 0.15) is 0 Å². The fraction of sp³-hybridized carbons (Fsp3) is 0.462. The molecule has 1 aromatic carbocycles. The highest BCUT2D eigenvalue weighted by Gasteiger charge is 2.70. The molecule has 6 nitrogen and oxygen atoms in total. The number of nitrogens with one attached hydrogen (secondary N) is 1. The predicted octanol–water partition coefficient (Wildman–Crippen LogP) is 0.925. The minimum absolute atomic E-state index is 0.0798. The molecule has 2 unspecified atom stereocenters. The largest absolute Gasteiger partial charge is 0.384 e. The van der Waals surface area contributed by atoms with Crippen LogP contribution in [-0.2, 0) is 15.6 Å². The maximum absolute atomic E-state index is 11.6. The second-order valence-corrected chi connectivity index (χ2v) is 8.32. The van der Waals surface area contributed by atoms with Gasteiger partial charge in [0.15, 0.2) is 0 Å². The highest BCUT2D eigenvalue weighted by atomic mass is 35.5. The van der Waals surface area contributed by atoms with Crippen LogP contribution in [0.2, 0.25) is 5.02 Å². The number of hydrogen-bond acceptors (Lipinski definition) is 4. The lowest BCUT2D eigenvalue weighted by Crippen LogP contribution is -2.34. The molecule has 0 bridgehead atoms. The molecule has 0 spiro atoms. The third-order valence-corrected chi connectivity index (χ3v) is 6.19. The first kappa shape index (κ1) is 13.5. The number of sulfonamides is 1. The third-order valence-electron chi connectivity index (χ3n) is 4.73. The zero-order valence-corrected chi connectivity index (χ0v) is 12.8. The van der Waals surface area contributed by atoms with Gasteiger partial charge in [-0.15, -0.1) is 0 Å². The smallest absolute Gasteiger partial charge is 0.211 e. The summed E-state index contributed by atoms with van der Waals surface area (Å²) in [5, 5.41) is 19.2. The van der Waals surface area contributed by atoms with Gasteiger partial charge in [-0.1, -0.05) is 11.6 Å². The van der Waals surface area contributed by atoms with Crippen molar-refractivity contribution >= 4 is 32.5 Å². The lowest BCUT2D eigenvalue weighted by atomic mass is 9.99. The Hall–Kier alpha value is -1.15. The van der Waals surface area contributed by atoms with E-state index < -0.39 is 15.6 Å². The number of nitrogens with zero attached hydrogens (tertiary/aromatic N) is 2. The van der Waals surface area contributed by atoms with Crippen LogP contribution in [0.4, 0.5) is 0 Å². The van der Waals surface area contributed by atoms with E-state index in [1.54, 1.807) is 18.3 Å². The number of halogens is 1. The first-order valence-corrected chi connectivity index (χ1v) is 8.85. The molecule has 21 heavy (non-hydrogen) atoms. The summed E-state index contributed by atoms with van der Waals surface area (Å²) in [4.78, 5) is 0. The zero-order valence-electron chi connectivity index (χ0n) is 11.2. The average Bonchev–Trinajstić information content (AvgIpc) is 2.83. The number of H-pyrrole nitrogens is 1. The Morgan fingerprint density at radius 3 is 2.71 bits per heavy atom. The van der Waals surface area contributed by atoms with Crippen molar-refractivity contribution in [3.63, 3.8) is 0 Å². The van der Waals surface area contributed by atoms with Crippen molar-refractivity contribution < 1.29 is 13.5 Å². The minimum Gasteiger partial charge on any atom is -0.384 e. The van der Waals surface area contributed by atoms with Crippen LogP contribution >= 0.6 is 11.6 Å². The number of rotatable bonds is 2. The van der Waals surface area contributed by atoms with Crippen LogP contribution in [0, 0.1) is 11.8 Å². The lowest BCUT2D eigenvalue weighted by Gasteiger charge is -2.22. The third kappa shape index (κ3) is 1.78. The van der Waals surface area contributed by atoms with Gasteiger partial charge in [0, 0.05) is 35.3 Å². The number of fused-ring (bicyclic) bond motifs is 2. The second kappa shape index (κ2) is 3.98. The molecule has 8 heteroatoms. The number of aliphatic hydroxyl groups is 1. The van der Waals surface area contributed by atoms with E-state index in [9.17, 15) is 13.5 Å². The molecule has 4 rings (SSSR count). The maximum Gasteiger partial charge on any atom is 0.211 e. The van der Waals surface area contributed by atoms with E-state index in [2.05, 4.69) is 10.2 Å². The number of benzene rings is 1. The predicted molar refractivity (Wildman–Crippen MR) is 78.4 cm³/mol. The van der Waals surface area contributed by atoms with Crippen molar-refractivity contribution in [2.45, 2.75) is 5.60 Å².